The van der Waals surface area contributed by atoms with Crippen LogP contribution in [0, 0.1) is 0 Å². The van der Waals surface area contributed by atoms with E-state index in [0.717, 1.165) is 0 Å². The average molecular weight is 239 g/mol. The van der Waals surface area contributed by atoms with Crippen molar-refractivity contribution in [2.45, 2.75) is 18.9 Å². The highest BCUT2D eigenvalue weighted by Crippen LogP contribution is 1.86. The van der Waals surface area contributed by atoms with Gasteiger partial charge in [0.05, 0.1) is 12.8 Å². The fourth-order valence-corrected chi connectivity index (χ4v) is 0.448. The molecule has 0 aliphatic carbocycles. The topological polar surface area (TPSA) is 138 Å². The zero-order valence-electron chi connectivity index (χ0n) is 7.79. The number of carboxylic acids is 3. The molecule has 0 aromatic rings. The van der Waals surface area contributed by atoms with E-state index in [1.54, 1.807) is 0 Å². The number of hydrogen-bond donors (Lipinski definition) is 5. The van der Waals surface area contributed by atoms with E-state index in [0.29, 0.717) is 0 Å². The van der Waals surface area contributed by atoms with Crippen molar-refractivity contribution in [1.82, 2.24) is 0 Å². The molecule has 15 heavy (non-hydrogen) atoms. The summed E-state index contributed by atoms with van der Waals surface area (Å²) in [5, 5.41) is 23.8. The van der Waals surface area contributed by atoms with Crippen molar-refractivity contribution < 1.29 is 29.7 Å². The Morgan fingerprint density at radius 2 is 1.40 bits per heavy atom. The number of aliphatic carboxylic acids is 3. The maximum atomic E-state index is 9.76. The maximum absolute atomic E-state index is 9.76. The quantitative estimate of drug-likeness (QED) is 0.398. The lowest BCUT2D eigenvalue weighted by atomic mass is 10.3. The molecule has 0 aliphatic rings. The molecule has 0 aromatic carbocycles. The number of hydrogen-bond acceptors (Lipinski definition) is 5. The lowest BCUT2D eigenvalue weighted by molar-refractivity contribution is -0.143. The highest BCUT2D eigenvalue weighted by Gasteiger charge is 2.06. The molecule has 0 rings (SSSR count). The van der Waals surface area contributed by atoms with E-state index in [2.05, 4.69) is 12.6 Å². The Labute approximate surface area is 91.3 Å². The van der Waals surface area contributed by atoms with Gasteiger partial charge in [0.25, 0.3) is 0 Å². The fourth-order valence-electron chi connectivity index (χ4n) is 0.292. The number of thiol groups is 1. The average Bonchev–Trinajstić information content (AvgIpc) is 2.14. The Morgan fingerprint density at radius 1 is 1.07 bits per heavy atom. The third kappa shape index (κ3) is 15.5. The van der Waals surface area contributed by atoms with Gasteiger partial charge in [-0.15, -0.1) is 0 Å². The highest BCUT2D eigenvalue weighted by molar-refractivity contribution is 7.80. The van der Waals surface area contributed by atoms with Crippen LogP contribution >= 0.6 is 12.6 Å². The van der Waals surface area contributed by atoms with Crippen LogP contribution in [0.15, 0.2) is 0 Å². The van der Waals surface area contributed by atoms with Crippen LogP contribution in [-0.4, -0.2) is 45.0 Å². The monoisotopic (exact) mass is 239 g/mol. The van der Waals surface area contributed by atoms with Crippen molar-refractivity contribution in [2.75, 3.05) is 5.75 Å². The predicted octanol–water partition coefficient (Wildman–Crippen LogP) is -0.736. The second-order valence-electron chi connectivity index (χ2n) is 2.41. The predicted molar refractivity (Wildman–Crippen MR) is 54.0 cm³/mol. The molecule has 0 amide bonds. The first-order chi connectivity index (χ1) is 6.81. The summed E-state index contributed by atoms with van der Waals surface area (Å²) in [5.41, 5.74) is 4.94. The van der Waals surface area contributed by atoms with Crippen molar-refractivity contribution in [3.8, 4) is 0 Å². The minimum absolute atomic E-state index is 0.190. The molecule has 0 heterocycles. The number of nitrogens with two attached hydrogens (primary N) is 1. The number of carboxylic acid groups (broad SMARTS) is 3. The Bertz CT molecular complexity index is 218. The largest absolute Gasteiger partial charge is 0.481 e. The molecular weight excluding hydrogens is 226 g/mol. The van der Waals surface area contributed by atoms with Crippen molar-refractivity contribution in [3.63, 3.8) is 0 Å². The number of carbonyl (C=O) groups is 3. The van der Waals surface area contributed by atoms with Crippen molar-refractivity contribution >= 4 is 30.5 Å². The van der Waals surface area contributed by atoms with Gasteiger partial charge in [-0.1, -0.05) is 0 Å². The van der Waals surface area contributed by atoms with Gasteiger partial charge in [-0.3, -0.25) is 14.4 Å². The molecule has 0 bridgehead atoms. The van der Waals surface area contributed by atoms with E-state index in [-0.39, 0.29) is 18.6 Å². The summed E-state index contributed by atoms with van der Waals surface area (Å²) in [6, 6.07) is -0.816. The van der Waals surface area contributed by atoms with E-state index in [1.165, 1.54) is 0 Å². The molecule has 0 aliphatic heterocycles. The second kappa shape index (κ2) is 9.28. The Kier molecular flexibility index (Phi) is 10.0. The lowest BCUT2D eigenvalue weighted by Gasteiger charge is -1.96. The van der Waals surface area contributed by atoms with Crippen LogP contribution in [0.5, 0.6) is 0 Å². The smallest absolute Gasteiger partial charge is 0.321 e. The minimum Gasteiger partial charge on any atom is -0.481 e. The van der Waals surface area contributed by atoms with E-state index in [4.69, 9.17) is 21.1 Å². The van der Waals surface area contributed by atoms with Crippen LogP contribution in [0.3, 0.4) is 0 Å². The normalized spacial score (nSPS) is 10.8. The van der Waals surface area contributed by atoms with E-state index in [9.17, 15) is 14.4 Å². The molecule has 5 N–H and O–H groups in total. The third-order valence-electron chi connectivity index (χ3n) is 1.07. The molecule has 0 spiro atoms. The van der Waals surface area contributed by atoms with Crippen molar-refractivity contribution in [2.24, 2.45) is 5.73 Å². The summed E-state index contributed by atoms with van der Waals surface area (Å²) < 4.78 is 0. The van der Waals surface area contributed by atoms with Crippen LogP contribution in [0.2, 0.25) is 0 Å². The van der Waals surface area contributed by atoms with E-state index >= 15 is 0 Å². The lowest BCUT2D eigenvalue weighted by Crippen LogP contribution is -2.31. The molecule has 0 unspecified atom stereocenters. The minimum atomic E-state index is -1.08. The van der Waals surface area contributed by atoms with Gasteiger partial charge in [-0.25, -0.2) is 0 Å². The summed E-state index contributed by atoms with van der Waals surface area (Å²) in [5.74, 6) is -2.97. The van der Waals surface area contributed by atoms with Crippen LogP contribution in [0.1, 0.15) is 12.8 Å². The number of rotatable bonds is 5. The van der Waals surface area contributed by atoms with Crippen LogP contribution in [0.4, 0.5) is 0 Å². The summed E-state index contributed by atoms with van der Waals surface area (Å²) in [7, 11) is 0. The van der Waals surface area contributed by atoms with Crippen LogP contribution in [0.25, 0.3) is 0 Å². The van der Waals surface area contributed by atoms with Crippen LogP contribution in [-0.2, 0) is 14.4 Å². The SMILES string of the molecule is N[C@@H](CS)C(=O)O.O=C(O)CCC(=O)O. The maximum Gasteiger partial charge on any atom is 0.321 e. The Morgan fingerprint density at radius 3 is 1.47 bits per heavy atom. The molecule has 0 fully saturated rings. The molecule has 7 nitrogen and oxygen atoms in total. The standard InChI is InChI=1S/C4H6O4.C3H7NO2S/c5-3(6)1-2-4(7)8;4-2(1-7)3(5)6/h1-2H2,(H,5,6)(H,7,8);2,7H,1,4H2,(H,5,6)/t;2-/m.0/s1. The molecule has 0 aromatic heterocycles. The summed E-state index contributed by atoms with van der Waals surface area (Å²) >= 11 is 3.65. The Balaban J connectivity index is 0. The van der Waals surface area contributed by atoms with Gasteiger partial charge in [0.15, 0.2) is 0 Å². The van der Waals surface area contributed by atoms with Gasteiger partial charge in [0.2, 0.25) is 0 Å². The van der Waals surface area contributed by atoms with Gasteiger partial charge >= 0.3 is 17.9 Å². The molecule has 0 saturated heterocycles. The first-order valence-electron chi connectivity index (χ1n) is 3.84. The van der Waals surface area contributed by atoms with Gasteiger partial charge < -0.3 is 21.1 Å². The van der Waals surface area contributed by atoms with Crippen LogP contribution < -0.4 is 5.73 Å². The molecular formula is C7H13NO6S. The van der Waals surface area contributed by atoms with Crippen molar-refractivity contribution in [3.05, 3.63) is 0 Å². The summed E-state index contributed by atoms with van der Waals surface area (Å²) in [4.78, 5) is 29.0. The van der Waals surface area contributed by atoms with Gasteiger partial charge in [-0.05, 0) is 0 Å². The molecule has 88 valence electrons. The van der Waals surface area contributed by atoms with E-state index < -0.39 is 23.9 Å². The zero-order chi connectivity index (χ0) is 12.4. The van der Waals surface area contributed by atoms with E-state index in [1.807, 2.05) is 0 Å². The molecule has 0 radical (unpaired) electrons. The molecule has 8 heteroatoms. The second-order valence-corrected chi connectivity index (χ2v) is 2.78. The summed E-state index contributed by atoms with van der Waals surface area (Å²) in [6.07, 6.45) is -0.593. The first-order valence-corrected chi connectivity index (χ1v) is 4.47. The van der Waals surface area contributed by atoms with Crippen molar-refractivity contribution in [1.29, 1.82) is 0 Å². The molecule has 1 atom stereocenters. The first kappa shape index (κ1) is 16.2. The Hall–Kier alpha value is -1.28. The van der Waals surface area contributed by atoms with Gasteiger partial charge in [-0.2, -0.15) is 12.6 Å². The molecule has 0 saturated carbocycles. The fraction of sp³-hybridized carbons (Fsp3) is 0.571. The van der Waals surface area contributed by atoms with Gasteiger partial charge in [0.1, 0.15) is 6.04 Å². The zero-order valence-corrected chi connectivity index (χ0v) is 8.68. The van der Waals surface area contributed by atoms with Gasteiger partial charge in [0, 0.05) is 5.75 Å². The highest BCUT2D eigenvalue weighted by atomic mass is 32.1. The third-order valence-corrected chi connectivity index (χ3v) is 1.46. The summed E-state index contributed by atoms with van der Waals surface area (Å²) in [6.45, 7) is 0.